The van der Waals surface area contributed by atoms with Gasteiger partial charge in [0.1, 0.15) is 12.6 Å². The van der Waals surface area contributed by atoms with Crippen molar-refractivity contribution in [3.8, 4) is 0 Å². The minimum absolute atomic E-state index is 0.0200. The van der Waals surface area contributed by atoms with E-state index in [0.29, 0.717) is 5.02 Å². The highest BCUT2D eigenvalue weighted by Crippen LogP contribution is 2.33. The van der Waals surface area contributed by atoms with Crippen molar-refractivity contribution >= 4 is 23.4 Å². The zero-order chi connectivity index (χ0) is 18.0. The molecule has 0 bridgehead atoms. The molecule has 1 saturated carbocycles. The number of benzene rings is 1. The van der Waals surface area contributed by atoms with Gasteiger partial charge in [0.2, 0.25) is 5.91 Å². The van der Waals surface area contributed by atoms with Gasteiger partial charge >= 0.3 is 0 Å². The molecule has 0 radical (unpaired) electrons. The van der Waals surface area contributed by atoms with Crippen LogP contribution >= 0.6 is 11.6 Å². The topological polar surface area (TPSA) is 40.6 Å². The lowest BCUT2D eigenvalue weighted by molar-refractivity contribution is -0.160. The molecule has 1 aliphatic heterocycles. The average molecular weight is 363 g/mol. The molecule has 1 atom stereocenters. The Morgan fingerprint density at radius 2 is 1.60 bits per heavy atom. The van der Waals surface area contributed by atoms with Crippen LogP contribution in [0.1, 0.15) is 64.0 Å². The molecule has 3 rings (SSSR count). The van der Waals surface area contributed by atoms with Crippen LogP contribution < -0.4 is 0 Å². The van der Waals surface area contributed by atoms with Crippen LogP contribution in [0.2, 0.25) is 5.02 Å². The number of carbonyl (C=O) groups is 2. The first-order valence-corrected chi connectivity index (χ1v) is 9.74. The highest BCUT2D eigenvalue weighted by atomic mass is 35.5. The predicted molar refractivity (Wildman–Crippen MR) is 99.4 cm³/mol. The fourth-order valence-electron chi connectivity index (χ4n) is 4.14. The highest BCUT2D eigenvalue weighted by Gasteiger charge is 2.43. The second-order valence-corrected chi connectivity index (χ2v) is 7.90. The zero-order valence-corrected chi connectivity index (χ0v) is 15.8. The third kappa shape index (κ3) is 3.84. The van der Waals surface area contributed by atoms with Crippen LogP contribution in [0.4, 0.5) is 0 Å². The first-order valence-electron chi connectivity index (χ1n) is 9.36. The molecular formula is C20H27ClN2O2. The van der Waals surface area contributed by atoms with Gasteiger partial charge < -0.3 is 9.80 Å². The maximum atomic E-state index is 13.4. The normalized spacial score (nSPS) is 23.3. The number of carbonyl (C=O) groups excluding carboxylic acids is 2. The summed E-state index contributed by atoms with van der Waals surface area (Å²) >= 11 is 6.01. The first-order chi connectivity index (χ1) is 12.0. The molecule has 0 N–H and O–H groups in total. The van der Waals surface area contributed by atoms with E-state index < -0.39 is 6.04 Å². The number of hydrogen-bond acceptors (Lipinski definition) is 2. The average Bonchev–Trinajstić information content (AvgIpc) is 2.86. The summed E-state index contributed by atoms with van der Waals surface area (Å²) in [6.07, 6.45) is 6.75. The molecular weight excluding hydrogens is 336 g/mol. The molecule has 0 unspecified atom stereocenters. The number of halogens is 1. The van der Waals surface area contributed by atoms with Gasteiger partial charge in [0.25, 0.3) is 5.91 Å². The molecule has 2 amide bonds. The van der Waals surface area contributed by atoms with E-state index in [1.54, 1.807) is 17.0 Å². The molecule has 1 saturated heterocycles. The minimum atomic E-state index is -0.540. The Hall–Kier alpha value is -1.55. The van der Waals surface area contributed by atoms with Gasteiger partial charge in [0.15, 0.2) is 0 Å². The van der Waals surface area contributed by atoms with Crippen molar-refractivity contribution in [2.45, 2.75) is 70.5 Å². The Bertz CT molecular complexity index is 621. The van der Waals surface area contributed by atoms with Crippen LogP contribution in [-0.4, -0.2) is 40.2 Å². The lowest BCUT2D eigenvalue weighted by atomic mass is 9.96. The Balaban J connectivity index is 1.93. The number of nitrogens with zero attached hydrogens (tertiary/aromatic N) is 2. The van der Waals surface area contributed by atoms with E-state index in [2.05, 4.69) is 0 Å². The molecule has 1 aromatic rings. The van der Waals surface area contributed by atoms with Crippen LogP contribution in [-0.2, 0) is 9.59 Å². The predicted octanol–water partition coefficient (Wildman–Crippen LogP) is 4.18. The standard InChI is InChI=1S/C20H27ClN2O2/c1-14(2)23-18(24)13-22(17-7-5-3-4-6-8-17)20(25)19(23)15-9-11-16(21)12-10-15/h9-12,14,17,19H,3-8,13H2,1-2H3/t19-/m1/s1. The van der Waals surface area contributed by atoms with Gasteiger partial charge in [-0.05, 0) is 44.4 Å². The Labute approximate surface area is 155 Å². The van der Waals surface area contributed by atoms with Gasteiger partial charge in [-0.3, -0.25) is 9.59 Å². The van der Waals surface area contributed by atoms with Crippen LogP contribution in [0.5, 0.6) is 0 Å². The van der Waals surface area contributed by atoms with E-state index in [9.17, 15) is 9.59 Å². The molecule has 136 valence electrons. The molecule has 0 aromatic heterocycles. The van der Waals surface area contributed by atoms with Crippen molar-refractivity contribution in [1.82, 2.24) is 9.80 Å². The molecule has 5 heteroatoms. The van der Waals surface area contributed by atoms with Crippen molar-refractivity contribution in [2.24, 2.45) is 0 Å². The summed E-state index contributed by atoms with van der Waals surface area (Å²) in [5.41, 5.74) is 0.842. The maximum Gasteiger partial charge on any atom is 0.250 e. The lowest BCUT2D eigenvalue weighted by Gasteiger charge is -2.45. The van der Waals surface area contributed by atoms with Crippen LogP contribution in [0.3, 0.4) is 0 Å². The van der Waals surface area contributed by atoms with Gasteiger partial charge in [-0.1, -0.05) is 49.4 Å². The molecule has 4 nitrogen and oxygen atoms in total. The Morgan fingerprint density at radius 1 is 1.00 bits per heavy atom. The summed E-state index contributed by atoms with van der Waals surface area (Å²) in [7, 11) is 0. The van der Waals surface area contributed by atoms with E-state index in [1.807, 2.05) is 30.9 Å². The largest absolute Gasteiger partial charge is 0.328 e. The number of amides is 2. The van der Waals surface area contributed by atoms with Crippen LogP contribution in [0.15, 0.2) is 24.3 Å². The summed E-state index contributed by atoms with van der Waals surface area (Å²) in [5, 5.41) is 0.634. The van der Waals surface area contributed by atoms with Crippen LogP contribution in [0, 0.1) is 0 Å². The SMILES string of the molecule is CC(C)N1C(=O)CN(C2CCCCCC2)C(=O)[C@H]1c1ccc(Cl)cc1. The van der Waals surface area contributed by atoms with Gasteiger partial charge in [0.05, 0.1) is 0 Å². The van der Waals surface area contributed by atoms with Gasteiger partial charge in [-0.2, -0.15) is 0 Å². The van der Waals surface area contributed by atoms with Gasteiger partial charge in [-0.15, -0.1) is 0 Å². The second-order valence-electron chi connectivity index (χ2n) is 7.46. The molecule has 25 heavy (non-hydrogen) atoms. The summed E-state index contributed by atoms with van der Waals surface area (Å²) in [4.78, 5) is 29.8. The third-order valence-electron chi connectivity index (χ3n) is 5.40. The summed E-state index contributed by atoms with van der Waals surface area (Å²) in [6.45, 7) is 4.15. The summed E-state index contributed by atoms with van der Waals surface area (Å²) in [6, 6.07) is 6.95. The smallest absolute Gasteiger partial charge is 0.250 e. The van der Waals surface area contributed by atoms with E-state index >= 15 is 0 Å². The minimum Gasteiger partial charge on any atom is -0.328 e. The van der Waals surface area contributed by atoms with Crippen molar-refractivity contribution in [3.63, 3.8) is 0 Å². The number of hydrogen-bond donors (Lipinski definition) is 0. The molecule has 2 fully saturated rings. The first kappa shape index (κ1) is 18.2. The van der Waals surface area contributed by atoms with Crippen LogP contribution in [0.25, 0.3) is 0 Å². The Morgan fingerprint density at radius 3 is 2.16 bits per heavy atom. The fraction of sp³-hybridized carbons (Fsp3) is 0.600. The molecule has 2 aliphatic rings. The maximum absolute atomic E-state index is 13.4. The quantitative estimate of drug-likeness (QED) is 0.757. The monoisotopic (exact) mass is 362 g/mol. The van der Waals surface area contributed by atoms with Gasteiger partial charge in [-0.25, -0.2) is 0 Å². The summed E-state index contributed by atoms with van der Waals surface area (Å²) in [5.74, 6) is 0.0984. The fourth-order valence-corrected chi connectivity index (χ4v) is 4.26. The van der Waals surface area contributed by atoms with Crippen molar-refractivity contribution < 1.29 is 9.59 Å². The van der Waals surface area contributed by atoms with E-state index in [-0.39, 0.29) is 30.4 Å². The van der Waals surface area contributed by atoms with E-state index in [0.717, 1.165) is 31.2 Å². The lowest BCUT2D eigenvalue weighted by Crippen LogP contribution is -2.59. The molecule has 1 heterocycles. The Kier molecular flexibility index (Phi) is 5.67. The molecule has 0 spiro atoms. The van der Waals surface area contributed by atoms with E-state index in [1.165, 1.54) is 12.8 Å². The van der Waals surface area contributed by atoms with E-state index in [4.69, 9.17) is 11.6 Å². The van der Waals surface area contributed by atoms with Crippen molar-refractivity contribution in [1.29, 1.82) is 0 Å². The number of rotatable bonds is 3. The molecule has 1 aromatic carbocycles. The van der Waals surface area contributed by atoms with Crippen molar-refractivity contribution in [2.75, 3.05) is 6.54 Å². The third-order valence-corrected chi connectivity index (χ3v) is 5.65. The van der Waals surface area contributed by atoms with Crippen molar-refractivity contribution in [3.05, 3.63) is 34.9 Å². The highest BCUT2D eigenvalue weighted by molar-refractivity contribution is 6.30. The zero-order valence-electron chi connectivity index (χ0n) is 15.1. The second kappa shape index (κ2) is 7.77. The van der Waals surface area contributed by atoms with Gasteiger partial charge in [0, 0.05) is 17.1 Å². The number of piperazine rings is 1. The molecule has 1 aliphatic carbocycles. The summed E-state index contributed by atoms with van der Waals surface area (Å²) < 4.78 is 0.